The average Bonchev–Trinajstić information content (AvgIpc) is 3.12. The van der Waals surface area contributed by atoms with Crippen molar-refractivity contribution in [3.05, 3.63) is 0 Å². The van der Waals surface area contributed by atoms with Crippen molar-refractivity contribution >= 4 is 0 Å². The number of hydrogen-bond acceptors (Lipinski definition) is 6. The van der Waals surface area contributed by atoms with Crippen molar-refractivity contribution < 1.29 is 19.7 Å². The third kappa shape index (κ3) is 2.60. The van der Waals surface area contributed by atoms with Crippen molar-refractivity contribution in [2.24, 2.45) is 0 Å². The molecule has 0 bridgehead atoms. The van der Waals surface area contributed by atoms with Crippen LogP contribution in [0.2, 0.25) is 0 Å². The summed E-state index contributed by atoms with van der Waals surface area (Å²) in [5.41, 5.74) is -1.25. The van der Waals surface area contributed by atoms with Gasteiger partial charge >= 0.3 is 0 Å². The van der Waals surface area contributed by atoms with Crippen LogP contribution >= 0.6 is 0 Å². The molecular formula is C16H30N2O4. The first-order valence-corrected chi connectivity index (χ1v) is 8.57. The summed E-state index contributed by atoms with van der Waals surface area (Å²) in [5.74, 6) is 0. The Morgan fingerprint density at radius 2 is 1.14 bits per heavy atom. The Bertz CT molecular complexity index is 361. The van der Waals surface area contributed by atoms with E-state index < -0.39 is 0 Å². The fourth-order valence-electron chi connectivity index (χ4n) is 4.03. The molecule has 6 heteroatoms. The van der Waals surface area contributed by atoms with E-state index >= 15 is 0 Å². The van der Waals surface area contributed by atoms with E-state index in [2.05, 4.69) is 24.5 Å². The van der Waals surface area contributed by atoms with Gasteiger partial charge in [-0.25, -0.2) is 0 Å². The molecular weight excluding hydrogens is 284 g/mol. The van der Waals surface area contributed by atoms with Crippen LogP contribution in [-0.4, -0.2) is 59.2 Å². The van der Waals surface area contributed by atoms with Crippen LogP contribution in [0.5, 0.6) is 0 Å². The van der Waals surface area contributed by atoms with Crippen LogP contribution in [0.1, 0.15) is 52.4 Å². The monoisotopic (exact) mass is 314 g/mol. The number of rotatable bonds is 4. The normalized spacial score (nSPS) is 48.5. The summed E-state index contributed by atoms with van der Waals surface area (Å²) in [6, 6.07) is 0. The minimum Gasteiger partial charge on any atom is -0.394 e. The third-order valence-corrected chi connectivity index (χ3v) is 6.06. The van der Waals surface area contributed by atoms with Gasteiger partial charge in [0.05, 0.1) is 37.5 Å². The SMILES string of the molecule is CCC1(CO)COC2(CCC3(CC2)NC(CC)(CO)CO3)N1. The van der Waals surface area contributed by atoms with Gasteiger partial charge in [-0.05, 0) is 38.5 Å². The standard InChI is InChI=1S/C16H30N2O4/c1-3-13(9-19)11-21-15(17-13)5-7-16(8-6-15)18-14(4-2,10-20)12-22-16/h17-20H,3-12H2,1-2H3. The molecule has 2 aliphatic heterocycles. The molecule has 1 saturated carbocycles. The van der Waals surface area contributed by atoms with Gasteiger partial charge < -0.3 is 19.7 Å². The highest BCUT2D eigenvalue weighted by atomic mass is 16.5. The van der Waals surface area contributed by atoms with E-state index in [0.29, 0.717) is 13.2 Å². The van der Waals surface area contributed by atoms with Gasteiger partial charge in [0, 0.05) is 0 Å². The average molecular weight is 314 g/mol. The molecule has 2 unspecified atom stereocenters. The Balaban J connectivity index is 1.64. The van der Waals surface area contributed by atoms with E-state index in [1.807, 2.05) is 0 Å². The molecule has 22 heavy (non-hydrogen) atoms. The summed E-state index contributed by atoms with van der Waals surface area (Å²) in [6.45, 7) is 5.50. The van der Waals surface area contributed by atoms with Crippen LogP contribution in [0.3, 0.4) is 0 Å². The largest absolute Gasteiger partial charge is 0.394 e. The third-order valence-electron chi connectivity index (χ3n) is 6.06. The van der Waals surface area contributed by atoms with Crippen molar-refractivity contribution in [1.82, 2.24) is 10.6 Å². The van der Waals surface area contributed by atoms with Gasteiger partial charge in [0.1, 0.15) is 11.4 Å². The zero-order chi connectivity index (χ0) is 15.9. The zero-order valence-electron chi connectivity index (χ0n) is 13.8. The van der Waals surface area contributed by atoms with Gasteiger partial charge in [0.25, 0.3) is 0 Å². The molecule has 2 spiro atoms. The van der Waals surface area contributed by atoms with Crippen LogP contribution < -0.4 is 10.6 Å². The Hall–Kier alpha value is -0.240. The molecule has 3 aliphatic rings. The molecule has 2 heterocycles. The van der Waals surface area contributed by atoms with Gasteiger partial charge in [0.2, 0.25) is 0 Å². The molecule has 3 fully saturated rings. The van der Waals surface area contributed by atoms with E-state index in [0.717, 1.165) is 38.5 Å². The van der Waals surface area contributed by atoms with Crippen molar-refractivity contribution in [3.8, 4) is 0 Å². The summed E-state index contributed by atoms with van der Waals surface area (Å²) in [7, 11) is 0. The number of hydrogen-bond donors (Lipinski definition) is 4. The molecule has 2 saturated heterocycles. The van der Waals surface area contributed by atoms with E-state index in [4.69, 9.17) is 9.47 Å². The lowest BCUT2D eigenvalue weighted by Gasteiger charge is -2.43. The van der Waals surface area contributed by atoms with Crippen LogP contribution in [0.4, 0.5) is 0 Å². The molecule has 0 radical (unpaired) electrons. The van der Waals surface area contributed by atoms with Crippen molar-refractivity contribution in [1.29, 1.82) is 0 Å². The molecule has 2 atom stereocenters. The molecule has 128 valence electrons. The number of aliphatic hydroxyl groups excluding tert-OH is 2. The van der Waals surface area contributed by atoms with E-state index in [1.54, 1.807) is 0 Å². The molecule has 0 amide bonds. The minimum absolute atomic E-state index is 0.106. The number of ether oxygens (including phenoxy) is 2. The topological polar surface area (TPSA) is 83.0 Å². The predicted molar refractivity (Wildman–Crippen MR) is 82.3 cm³/mol. The molecule has 0 aromatic carbocycles. The lowest BCUT2D eigenvalue weighted by Crippen LogP contribution is -2.60. The Labute approximate surface area is 132 Å². The lowest BCUT2D eigenvalue weighted by atomic mass is 9.83. The summed E-state index contributed by atoms with van der Waals surface area (Å²) in [6.07, 6.45) is 5.13. The van der Waals surface area contributed by atoms with E-state index in [9.17, 15) is 10.2 Å². The summed E-state index contributed by atoms with van der Waals surface area (Å²) in [4.78, 5) is 0. The molecule has 3 rings (SSSR count). The fraction of sp³-hybridized carbons (Fsp3) is 1.00. The van der Waals surface area contributed by atoms with Crippen molar-refractivity contribution in [3.63, 3.8) is 0 Å². The molecule has 0 aromatic heterocycles. The second kappa shape index (κ2) is 5.69. The van der Waals surface area contributed by atoms with E-state index in [-0.39, 0.29) is 35.7 Å². The maximum Gasteiger partial charge on any atom is 0.120 e. The number of aliphatic hydroxyl groups is 2. The first-order chi connectivity index (χ1) is 10.5. The lowest BCUT2D eigenvalue weighted by molar-refractivity contribution is -0.115. The smallest absolute Gasteiger partial charge is 0.120 e. The van der Waals surface area contributed by atoms with Crippen LogP contribution in [0, 0.1) is 0 Å². The summed E-state index contributed by atoms with van der Waals surface area (Å²) >= 11 is 0. The van der Waals surface area contributed by atoms with Crippen LogP contribution in [-0.2, 0) is 9.47 Å². The summed E-state index contributed by atoms with van der Waals surface area (Å²) in [5, 5.41) is 26.5. The fourth-order valence-corrected chi connectivity index (χ4v) is 4.03. The Kier molecular flexibility index (Phi) is 4.29. The quantitative estimate of drug-likeness (QED) is 0.604. The van der Waals surface area contributed by atoms with Gasteiger partial charge in [-0.15, -0.1) is 0 Å². The molecule has 0 aromatic rings. The maximum absolute atomic E-state index is 9.66. The van der Waals surface area contributed by atoms with Crippen molar-refractivity contribution in [2.75, 3.05) is 26.4 Å². The van der Waals surface area contributed by atoms with Gasteiger partial charge in [-0.2, -0.15) is 0 Å². The first kappa shape index (κ1) is 16.6. The molecule has 6 nitrogen and oxygen atoms in total. The maximum atomic E-state index is 9.66. The van der Waals surface area contributed by atoms with Crippen molar-refractivity contribution in [2.45, 2.75) is 74.9 Å². The highest BCUT2D eigenvalue weighted by Crippen LogP contribution is 2.44. The summed E-state index contributed by atoms with van der Waals surface area (Å²) < 4.78 is 12.2. The zero-order valence-corrected chi connectivity index (χ0v) is 13.8. The van der Waals surface area contributed by atoms with Gasteiger partial charge in [-0.3, -0.25) is 10.6 Å². The number of nitrogens with one attached hydrogen (secondary N) is 2. The molecule has 1 aliphatic carbocycles. The van der Waals surface area contributed by atoms with E-state index in [1.165, 1.54) is 0 Å². The first-order valence-electron chi connectivity index (χ1n) is 8.57. The van der Waals surface area contributed by atoms with Crippen LogP contribution in [0.15, 0.2) is 0 Å². The second-order valence-electron chi connectivity index (χ2n) is 7.40. The van der Waals surface area contributed by atoms with Gasteiger partial charge in [-0.1, -0.05) is 13.8 Å². The second-order valence-corrected chi connectivity index (χ2v) is 7.40. The van der Waals surface area contributed by atoms with Crippen LogP contribution in [0.25, 0.3) is 0 Å². The highest BCUT2D eigenvalue weighted by Gasteiger charge is 2.55. The Morgan fingerprint density at radius 3 is 1.36 bits per heavy atom. The minimum atomic E-state index is -0.328. The highest BCUT2D eigenvalue weighted by molar-refractivity contribution is 5.07. The van der Waals surface area contributed by atoms with Gasteiger partial charge in [0.15, 0.2) is 0 Å². The Morgan fingerprint density at radius 1 is 0.773 bits per heavy atom. The molecule has 4 N–H and O–H groups in total. The predicted octanol–water partition coefficient (Wildman–Crippen LogP) is 0.475.